The SMILES string of the molecule is C=CC(O)c1cnc(NC(=O)OC(C)(C)C)nc1. The number of aliphatic hydroxyl groups is 1. The van der Waals surface area contributed by atoms with Crippen LogP contribution in [0.5, 0.6) is 0 Å². The van der Waals surface area contributed by atoms with E-state index < -0.39 is 17.8 Å². The van der Waals surface area contributed by atoms with E-state index in [0.717, 1.165) is 0 Å². The van der Waals surface area contributed by atoms with Gasteiger partial charge in [0, 0.05) is 18.0 Å². The molecule has 0 aromatic carbocycles. The van der Waals surface area contributed by atoms with Gasteiger partial charge in [-0.25, -0.2) is 14.8 Å². The molecule has 0 radical (unpaired) electrons. The van der Waals surface area contributed by atoms with Crippen molar-refractivity contribution in [2.24, 2.45) is 0 Å². The molecule has 98 valence electrons. The van der Waals surface area contributed by atoms with Crippen LogP contribution in [0.3, 0.4) is 0 Å². The first-order valence-corrected chi connectivity index (χ1v) is 5.44. The van der Waals surface area contributed by atoms with Crippen molar-refractivity contribution in [3.63, 3.8) is 0 Å². The lowest BCUT2D eigenvalue weighted by molar-refractivity contribution is 0.0634. The smallest absolute Gasteiger partial charge is 0.414 e. The topological polar surface area (TPSA) is 84.3 Å². The summed E-state index contributed by atoms with van der Waals surface area (Å²) in [6.45, 7) is 8.74. The van der Waals surface area contributed by atoms with Crippen molar-refractivity contribution in [3.8, 4) is 0 Å². The zero-order chi connectivity index (χ0) is 13.8. The number of nitrogens with one attached hydrogen (secondary N) is 1. The Kier molecular flexibility index (Phi) is 4.38. The number of amides is 1. The largest absolute Gasteiger partial charge is 0.444 e. The van der Waals surface area contributed by atoms with Gasteiger partial charge in [0.15, 0.2) is 0 Å². The van der Waals surface area contributed by atoms with Gasteiger partial charge in [0.05, 0.1) is 6.10 Å². The van der Waals surface area contributed by atoms with Crippen LogP contribution in [0.2, 0.25) is 0 Å². The number of nitrogens with zero attached hydrogens (tertiary/aromatic N) is 2. The zero-order valence-electron chi connectivity index (χ0n) is 10.7. The first kappa shape index (κ1) is 14.1. The molecule has 0 aliphatic heterocycles. The van der Waals surface area contributed by atoms with Gasteiger partial charge in [0.25, 0.3) is 0 Å². The van der Waals surface area contributed by atoms with Gasteiger partial charge in [0.1, 0.15) is 5.60 Å². The molecule has 18 heavy (non-hydrogen) atoms. The van der Waals surface area contributed by atoms with Crippen molar-refractivity contribution in [2.75, 3.05) is 5.32 Å². The summed E-state index contributed by atoms with van der Waals surface area (Å²) in [5, 5.41) is 11.8. The first-order valence-electron chi connectivity index (χ1n) is 5.44. The van der Waals surface area contributed by atoms with Gasteiger partial charge >= 0.3 is 6.09 Å². The molecule has 6 nitrogen and oxygen atoms in total. The van der Waals surface area contributed by atoms with E-state index >= 15 is 0 Å². The van der Waals surface area contributed by atoms with Crippen LogP contribution in [-0.2, 0) is 4.74 Å². The van der Waals surface area contributed by atoms with Gasteiger partial charge in [-0.3, -0.25) is 5.32 Å². The number of hydrogen-bond donors (Lipinski definition) is 2. The second-order valence-corrected chi connectivity index (χ2v) is 4.65. The quantitative estimate of drug-likeness (QED) is 0.803. The molecule has 0 bridgehead atoms. The Morgan fingerprint density at radius 2 is 2.06 bits per heavy atom. The van der Waals surface area contributed by atoms with Crippen molar-refractivity contribution in [1.82, 2.24) is 9.97 Å². The number of aliphatic hydroxyl groups excluding tert-OH is 1. The molecule has 0 fully saturated rings. The first-order chi connectivity index (χ1) is 8.31. The van der Waals surface area contributed by atoms with Gasteiger partial charge in [0.2, 0.25) is 5.95 Å². The average Bonchev–Trinajstić information content (AvgIpc) is 2.26. The Labute approximate surface area is 106 Å². The van der Waals surface area contributed by atoms with Crippen LogP contribution in [-0.4, -0.2) is 26.8 Å². The fraction of sp³-hybridized carbons (Fsp3) is 0.417. The molecular weight excluding hydrogens is 234 g/mol. The maximum Gasteiger partial charge on any atom is 0.414 e. The van der Waals surface area contributed by atoms with Crippen LogP contribution < -0.4 is 5.32 Å². The molecule has 0 saturated carbocycles. The van der Waals surface area contributed by atoms with Crippen molar-refractivity contribution >= 4 is 12.0 Å². The van der Waals surface area contributed by atoms with E-state index in [9.17, 15) is 9.90 Å². The van der Waals surface area contributed by atoms with Gasteiger partial charge in [-0.15, -0.1) is 6.58 Å². The molecular formula is C12H17N3O3. The lowest BCUT2D eigenvalue weighted by Gasteiger charge is -2.19. The standard InChI is InChI=1S/C12H17N3O3/c1-5-9(16)8-6-13-10(14-7-8)15-11(17)18-12(2,3)4/h5-7,9,16H,1H2,2-4H3,(H,13,14,15,17). The highest BCUT2D eigenvalue weighted by molar-refractivity contribution is 5.82. The summed E-state index contributed by atoms with van der Waals surface area (Å²) >= 11 is 0. The van der Waals surface area contributed by atoms with Gasteiger partial charge in [-0.05, 0) is 20.8 Å². The Morgan fingerprint density at radius 1 is 1.50 bits per heavy atom. The highest BCUT2D eigenvalue weighted by atomic mass is 16.6. The minimum absolute atomic E-state index is 0.115. The summed E-state index contributed by atoms with van der Waals surface area (Å²) < 4.78 is 5.04. The second-order valence-electron chi connectivity index (χ2n) is 4.65. The summed E-state index contributed by atoms with van der Waals surface area (Å²) in [5.41, 5.74) is -0.0805. The minimum atomic E-state index is -0.819. The molecule has 1 rings (SSSR count). The molecule has 0 spiro atoms. The number of rotatable bonds is 3. The highest BCUT2D eigenvalue weighted by Gasteiger charge is 2.17. The third kappa shape index (κ3) is 4.50. The van der Waals surface area contributed by atoms with E-state index in [1.165, 1.54) is 18.5 Å². The molecule has 2 N–H and O–H groups in total. The monoisotopic (exact) mass is 251 g/mol. The Morgan fingerprint density at radius 3 is 2.50 bits per heavy atom. The molecule has 1 heterocycles. The summed E-state index contributed by atoms with van der Waals surface area (Å²) in [6, 6.07) is 0. The molecule has 0 aliphatic carbocycles. The Balaban J connectivity index is 2.64. The van der Waals surface area contributed by atoms with E-state index in [0.29, 0.717) is 5.56 Å². The molecule has 1 aromatic heterocycles. The minimum Gasteiger partial charge on any atom is -0.444 e. The summed E-state index contributed by atoms with van der Waals surface area (Å²) in [7, 11) is 0. The van der Waals surface area contributed by atoms with Crippen molar-refractivity contribution < 1.29 is 14.6 Å². The van der Waals surface area contributed by atoms with E-state index in [1.54, 1.807) is 20.8 Å². The molecule has 1 atom stereocenters. The van der Waals surface area contributed by atoms with Crippen LogP contribution in [0.4, 0.5) is 10.7 Å². The molecule has 0 saturated heterocycles. The van der Waals surface area contributed by atoms with Crippen LogP contribution in [0.1, 0.15) is 32.4 Å². The average molecular weight is 251 g/mol. The number of carbonyl (C=O) groups excluding carboxylic acids is 1. The predicted molar refractivity (Wildman–Crippen MR) is 67.0 cm³/mol. The lowest BCUT2D eigenvalue weighted by atomic mass is 10.2. The van der Waals surface area contributed by atoms with Crippen LogP contribution >= 0.6 is 0 Å². The molecule has 6 heteroatoms. The predicted octanol–water partition coefficient (Wildman–Crippen LogP) is 2.04. The normalized spacial score (nSPS) is 12.7. The highest BCUT2D eigenvalue weighted by Crippen LogP contribution is 2.13. The molecule has 1 aromatic rings. The van der Waals surface area contributed by atoms with Crippen LogP contribution in [0.25, 0.3) is 0 Å². The maximum atomic E-state index is 11.4. The van der Waals surface area contributed by atoms with Crippen LogP contribution in [0.15, 0.2) is 25.0 Å². The van der Waals surface area contributed by atoms with Crippen molar-refractivity contribution in [3.05, 3.63) is 30.6 Å². The number of hydrogen-bond acceptors (Lipinski definition) is 5. The van der Waals surface area contributed by atoms with E-state index in [1.807, 2.05) is 0 Å². The van der Waals surface area contributed by atoms with Gasteiger partial charge < -0.3 is 9.84 Å². The van der Waals surface area contributed by atoms with E-state index in [4.69, 9.17) is 4.74 Å². The Bertz CT molecular complexity index is 423. The van der Waals surface area contributed by atoms with Gasteiger partial charge in [-0.2, -0.15) is 0 Å². The molecule has 0 aliphatic rings. The second kappa shape index (κ2) is 5.59. The van der Waals surface area contributed by atoms with E-state index in [-0.39, 0.29) is 5.95 Å². The fourth-order valence-corrected chi connectivity index (χ4v) is 1.09. The number of ether oxygens (including phenoxy) is 1. The number of anilines is 1. The third-order valence-corrected chi connectivity index (χ3v) is 1.85. The summed E-state index contributed by atoms with van der Waals surface area (Å²) in [6.07, 6.45) is 2.73. The summed E-state index contributed by atoms with van der Waals surface area (Å²) in [4.78, 5) is 19.2. The summed E-state index contributed by atoms with van der Waals surface area (Å²) in [5.74, 6) is 0.115. The Hall–Kier alpha value is -1.95. The third-order valence-electron chi connectivity index (χ3n) is 1.85. The molecule has 1 amide bonds. The maximum absolute atomic E-state index is 11.4. The van der Waals surface area contributed by atoms with Gasteiger partial charge in [-0.1, -0.05) is 6.08 Å². The van der Waals surface area contributed by atoms with Crippen molar-refractivity contribution in [1.29, 1.82) is 0 Å². The lowest BCUT2D eigenvalue weighted by Crippen LogP contribution is -2.27. The molecule has 1 unspecified atom stereocenters. The number of carbonyl (C=O) groups is 1. The van der Waals surface area contributed by atoms with Crippen molar-refractivity contribution in [2.45, 2.75) is 32.5 Å². The van der Waals surface area contributed by atoms with Crippen LogP contribution in [0, 0.1) is 0 Å². The zero-order valence-corrected chi connectivity index (χ0v) is 10.7. The fourth-order valence-electron chi connectivity index (χ4n) is 1.09. The number of aromatic nitrogens is 2. The van der Waals surface area contributed by atoms with E-state index in [2.05, 4.69) is 21.9 Å².